The van der Waals surface area contributed by atoms with Crippen molar-refractivity contribution in [2.45, 2.75) is 13.8 Å². The number of carbonyl (C=O) groups is 1. The summed E-state index contributed by atoms with van der Waals surface area (Å²) in [6, 6.07) is 9.29. The summed E-state index contributed by atoms with van der Waals surface area (Å²) in [7, 11) is 0. The minimum Gasteiger partial charge on any atom is -0.368 e. The molecule has 1 aromatic carbocycles. The van der Waals surface area contributed by atoms with Crippen LogP contribution in [-0.2, 0) is 0 Å². The zero-order chi connectivity index (χ0) is 18.4. The lowest BCUT2D eigenvalue weighted by atomic mass is 10.1. The second-order valence-corrected chi connectivity index (χ2v) is 5.84. The van der Waals surface area contributed by atoms with Crippen molar-refractivity contribution < 1.29 is 4.79 Å². The van der Waals surface area contributed by atoms with E-state index < -0.39 is 0 Å². The van der Waals surface area contributed by atoms with Crippen LogP contribution < -0.4 is 16.0 Å². The third kappa shape index (κ3) is 4.56. The average molecular weight is 351 g/mol. The fourth-order valence-corrected chi connectivity index (χ4v) is 2.46. The number of aryl methyl sites for hydroxylation is 2. The molecule has 2 amide bonds. The first kappa shape index (κ1) is 17.4. The molecule has 0 atom stereocenters. The highest BCUT2D eigenvalue weighted by Gasteiger charge is 2.04. The molecule has 3 rings (SSSR count). The van der Waals surface area contributed by atoms with Crippen LogP contribution in [0.3, 0.4) is 0 Å². The largest absolute Gasteiger partial charge is 0.368 e. The first-order valence-corrected chi connectivity index (χ1v) is 8.30. The predicted molar refractivity (Wildman–Crippen MR) is 101 cm³/mol. The van der Waals surface area contributed by atoms with Gasteiger partial charge >= 0.3 is 6.03 Å². The maximum Gasteiger partial charge on any atom is 0.319 e. The number of anilines is 2. The molecular formula is C18H21N7O. The van der Waals surface area contributed by atoms with Crippen molar-refractivity contribution in [3.63, 3.8) is 0 Å². The molecule has 8 heteroatoms. The van der Waals surface area contributed by atoms with Crippen LogP contribution in [0, 0.1) is 13.8 Å². The van der Waals surface area contributed by atoms with Gasteiger partial charge in [-0.15, -0.1) is 0 Å². The third-order valence-corrected chi connectivity index (χ3v) is 3.74. The molecule has 3 aromatic rings. The Morgan fingerprint density at radius 3 is 2.81 bits per heavy atom. The number of nitrogens with zero attached hydrogens (tertiary/aromatic N) is 4. The number of aromatic nitrogens is 4. The zero-order valence-corrected chi connectivity index (χ0v) is 14.7. The molecule has 2 aromatic heterocycles. The molecule has 0 unspecified atom stereocenters. The molecule has 0 saturated carbocycles. The first-order chi connectivity index (χ1) is 12.6. The Morgan fingerprint density at radius 2 is 2.04 bits per heavy atom. The van der Waals surface area contributed by atoms with Crippen LogP contribution in [0.5, 0.6) is 0 Å². The van der Waals surface area contributed by atoms with Gasteiger partial charge in [0.1, 0.15) is 12.1 Å². The van der Waals surface area contributed by atoms with Crippen molar-refractivity contribution >= 4 is 17.5 Å². The lowest BCUT2D eigenvalue weighted by Gasteiger charge is -2.11. The van der Waals surface area contributed by atoms with Crippen LogP contribution in [0.4, 0.5) is 16.3 Å². The van der Waals surface area contributed by atoms with E-state index in [0.29, 0.717) is 24.7 Å². The first-order valence-electron chi connectivity index (χ1n) is 8.30. The van der Waals surface area contributed by atoms with Gasteiger partial charge in [-0.05, 0) is 31.5 Å². The summed E-state index contributed by atoms with van der Waals surface area (Å²) in [5, 5.41) is 12.9. The molecule has 0 aliphatic carbocycles. The number of carbonyl (C=O) groups excluding carboxylic acids is 1. The summed E-state index contributed by atoms with van der Waals surface area (Å²) in [6.07, 6.45) is 4.97. The molecule has 0 radical (unpaired) electrons. The third-order valence-electron chi connectivity index (χ3n) is 3.74. The topological polar surface area (TPSA) is 96.8 Å². The Morgan fingerprint density at radius 1 is 1.15 bits per heavy atom. The van der Waals surface area contributed by atoms with Crippen molar-refractivity contribution in [2.75, 3.05) is 23.7 Å². The van der Waals surface area contributed by atoms with Crippen LogP contribution in [-0.4, -0.2) is 38.9 Å². The molecule has 26 heavy (non-hydrogen) atoms. The number of hydrogen-bond donors (Lipinski definition) is 3. The fraction of sp³-hybridized carbons (Fsp3) is 0.222. The molecule has 0 bridgehead atoms. The van der Waals surface area contributed by atoms with E-state index in [-0.39, 0.29) is 6.03 Å². The average Bonchev–Trinajstić information content (AvgIpc) is 3.16. The second-order valence-electron chi connectivity index (χ2n) is 5.84. The van der Waals surface area contributed by atoms with Crippen LogP contribution in [0.15, 0.2) is 49.1 Å². The number of benzene rings is 1. The predicted octanol–water partition coefficient (Wildman–Crippen LogP) is 2.51. The minimum atomic E-state index is -0.237. The normalized spacial score (nSPS) is 10.4. The van der Waals surface area contributed by atoms with Crippen LogP contribution in [0.1, 0.15) is 11.1 Å². The van der Waals surface area contributed by atoms with Gasteiger partial charge in [-0.1, -0.05) is 17.7 Å². The van der Waals surface area contributed by atoms with Crippen molar-refractivity contribution in [1.82, 2.24) is 25.1 Å². The standard InChI is InChI=1S/C18H21N7O/c1-13-4-5-15(14(2)10-13)24-18(26)20-8-7-19-16-11-17(22-12-21-16)25-9-3-6-23-25/h3-6,9-12H,7-8H2,1-2H3,(H,19,21,22)(H2,20,24,26). The Hall–Kier alpha value is -3.42. The highest BCUT2D eigenvalue weighted by atomic mass is 16.2. The van der Waals surface area contributed by atoms with E-state index in [0.717, 1.165) is 16.8 Å². The molecule has 0 fully saturated rings. The summed E-state index contributed by atoms with van der Waals surface area (Å²) >= 11 is 0. The van der Waals surface area contributed by atoms with E-state index in [9.17, 15) is 4.79 Å². The summed E-state index contributed by atoms with van der Waals surface area (Å²) in [4.78, 5) is 20.3. The van der Waals surface area contributed by atoms with Crippen molar-refractivity contribution in [1.29, 1.82) is 0 Å². The van der Waals surface area contributed by atoms with E-state index in [2.05, 4.69) is 31.0 Å². The van der Waals surface area contributed by atoms with Gasteiger partial charge in [0.25, 0.3) is 0 Å². The molecule has 0 spiro atoms. The minimum absolute atomic E-state index is 0.237. The number of urea groups is 1. The van der Waals surface area contributed by atoms with E-state index in [1.165, 1.54) is 6.33 Å². The summed E-state index contributed by atoms with van der Waals surface area (Å²) in [5.41, 5.74) is 3.00. The number of amides is 2. The van der Waals surface area contributed by atoms with Gasteiger partial charge in [-0.3, -0.25) is 0 Å². The molecule has 134 valence electrons. The summed E-state index contributed by atoms with van der Waals surface area (Å²) in [6.45, 7) is 4.98. The Labute approximate surface area is 151 Å². The quantitative estimate of drug-likeness (QED) is 0.593. The number of nitrogens with one attached hydrogen (secondary N) is 3. The van der Waals surface area contributed by atoms with Crippen molar-refractivity contribution in [3.8, 4) is 5.82 Å². The van der Waals surface area contributed by atoms with Gasteiger partial charge in [-0.25, -0.2) is 19.4 Å². The monoisotopic (exact) mass is 351 g/mol. The van der Waals surface area contributed by atoms with E-state index in [4.69, 9.17) is 0 Å². The molecule has 0 saturated heterocycles. The highest BCUT2D eigenvalue weighted by molar-refractivity contribution is 5.90. The smallest absolute Gasteiger partial charge is 0.319 e. The lowest BCUT2D eigenvalue weighted by Crippen LogP contribution is -2.33. The highest BCUT2D eigenvalue weighted by Crippen LogP contribution is 2.15. The molecule has 0 aliphatic rings. The molecule has 8 nitrogen and oxygen atoms in total. The zero-order valence-electron chi connectivity index (χ0n) is 14.7. The summed E-state index contributed by atoms with van der Waals surface area (Å²) < 4.78 is 1.66. The molecule has 3 N–H and O–H groups in total. The summed E-state index contributed by atoms with van der Waals surface area (Å²) in [5.74, 6) is 1.34. The van der Waals surface area contributed by atoms with Crippen molar-refractivity contribution in [2.24, 2.45) is 0 Å². The van der Waals surface area contributed by atoms with Crippen LogP contribution >= 0.6 is 0 Å². The molecule has 2 heterocycles. The van der Waals surface area contributed by atoms with E-state index in [1.54, 1.807) is 16.9 Å². The maximum atomic E-state index is 12.0. The SMILES string of the molecule is Cc1ccc(NC(=O)NCCNc2cc(-n3cccn3)ncn2)c(C)c1. The van der Waals surface area contributed by atoms with E-state index in [1.807, 2.05) is 44.3 Å². The maximum absolute atomic E-state index is 12.0. The van der Waals surface area contributed by atoms with Crippen LogP contribution in [0.25, 0.3) is 5.82 Å². The fourth-order valence-electron chi connectivity index (χ4n) is 2.46. The van der Waals surface area contributed by atoms with Gasteiger partial charge < -0.3 is 16.0 Å². The van der Waals surface area contributed by atoms with Crippen LogP contribution in [0.2, 0.25) is 0 Å². The number of rotatable bonds is 6. The second kappa shape index (κ2) is 8.11. The number of hydrogen-bond acceptors (Lipinski definition) is 5. The van der Waals surface area contributed by atoms with Crippen molar-refractivity contribution in [3.05, 3.63) is 60.2 Å². The molecular weight excluding hydrogens is 330 g/mol. The van der Waals surface area contributed by atoms with Gasteiger partial charge in [0.05, 0.1) is 0 Å². The van der Waals surface area contributed by atoms with Gasteiger partial charge in [-0.2, -0.15) is 5.10 Å². The Balaban J connectivity index is 1.45. The Bertz CT molecular complexity index is 877. The van der Waals surface area contributed by atoms with Gasteiger partial charge in [0, 0.05) is 37.2 Å². The lowest BCUT2D eigenvalue weighted by molar-refractivity contribution is 0.252. The van der Waals surface area contributed by atoms with Gasteiger partial charge in [0.2, 0.25) is 0 Å². The molecule has 0 aliphatic heterocycles. The Kier molecular flexibility index (Phi) is 5.43. The van der Waals surface area contributed by atoms with Gasteiger partial charge in [0.15, 0.2) is 5.82 Å². The van der Waals surface area contributed by atoms with E-state index >= 15 is 0 Å².